The average Bonchev–Trinajstić information content (AvgIpc) is 2.48. The van der Waals surface area contributed by atoms with Gasteiger partial charge in [0.25, 0.3) is 0 Å². The number of hydrogen-bond acceptors (Lipinski definition) is 2. The second-order valence-electron chi connectivity index (χ2n) is 5.61. The van der Waals surface area contributed by atoms with Crippen LogP contribution < -0.4 is 9.88 Å². The van der Waals surface area contributed by atoms with Crippen LogP contribution >= 0.6 is 0 Å². The molecule has 3 nitrogen and oxygen atoms in total. The predicted octanol–water partition coefficient (Wildman–Crippen LogP) is 3.98. The quantitative estimate of drug-likeness (QED) is 0.908. The highest BCUT2D eigenvalue weighted by molar-refractivity contribution is 7.84. The van der Waals surface area contributed by atoms with E-state index in [1.165, 1.54) is 0 Å². The first-order valence-electron chi connectivity index (χ1n) is 6.90. The van der Waals surface area contributed by atoms with Crippen LogP contribution in [-0.4, -0.2) is 8.96 Å². The molecule has 0 saturated heterocycles. The number of ether oxygens (including phenoxy) is 1. The largest absolute Gasteiger partial charge is 0.457 e. The Hall–Kier alpha value is -1.65. The van der Waals surface area contributed by atoms with Crippen LogP contribution in [0, 0.1) is 0 Å². The number of nitrogens with two attached hydrogens (primary N) is 1. The molecule has 2 rings (SSSR count). The van der Waals surface area contributed by atoms with Crippen LogP contribution in [0.25, 0.3) is 0 Å². The third kappa shape index (κ3) is 3.71. The van der Waals surface area contributed by atoms with Gasteiger partial charge >= 0.3 is 0 Å². The highest BCUT2D eigenvalue weighted by Gasteiger charge is 2.31. The molecule has 0 spiro atoms. The van der Waals surface area contributed by atoms with Gasteiger partial charge in [-0.3, -0.25) is 5.14 Å². The fraction of sp³-hybridized carbons (Fsp3) is 0.294. The molecule has 21 heavy (non-hydrogen) atoms. The van der Waals surface area contributed by atoms with Gasteiger partial charge in [0.15, 0.2) is 0 Å². The zero-order valence-corrected chi connectivity index (χ0v) is 13.4. The van der Waals surface area contributed by atoms with E-state index in [1.54, 1.807) is 0 Å². The monoisotopic (exact) mass is 303 g/mol. The van der Waals surface area contributed by atoms with E-state index in [9.17, 15) is 4.21 Å². The van der Waals surface area contributed by atoms with Gasteiger partial charge in [0.1, 0.15) is 11.5 Å². The van der Waals surface area contributed by atoms with Crippen molar-refractivity contribution in [2.45, 2.75) is 31.4 Å². The van der Waals surface area contributed by atoms with Crippen molar-refractivity contribution < 1.29 is 8.95 Å². The molecule has 2 atom stereocenters. The summed E-state index contributed by atoms with van der Waals surface area (Å²) in [5.41, 5.74) is 1.10. The molecule has 0 radical (unpaired) electrons. The van der Waals surface area contributed by atoms with Crippen molar-refractivity contribution in [1.82, 2.24) is 0 Å². The summed E-state index contributed by atoms with van der Waals surface area (Å²) in [6.07, 6.45) is 0. The van der Waals surface area contributed by atoms with Crippen LogP contribution in [-0.2, 0) is 11.0 Å². The van der Waals surface area contributed by atoms with Crippen LogP contribution in [0.4, 0.5) is 0 Å². The van der Waals surface area contributed by atoms with E-state index in [0.717, 1.165) is 17.1 Å². The lowest BCUT2D eigenvalue weighted by Crippen LogP contribution is -2.37. The Labute approximate surface area is 128 Å². The minimum absolute atomic E-state index is 0.0918. The molecule has 0 aromatic heterocycles. The maximum atomic E-state index is 11.7. The van der Waals surface area contributed by atoms with Crippen molar-refractivity contribution in [3.63, 3.8) is 0 Å². The van der Waals surface area contributed by atoms with Gasteiger partial charge in [-0.25, -0.2) is 4.21 Å². The molecular weight excluding hydrogens is 282 g/mol. The molecule has 0 heterocycles. The van der Waals surface area contributed by atoms with E-state index < -0.39 is 15.7 Å². The molecule has 2 aromatic carbocycles. The zero-order chi connectivity index (χ0) is 15.5. The van der Waals surface area contributed by atoms with E-state index >= 15 is 0 Å². The van der Waals surface area contributed by atoms with Crippen molar-refractivity contribution in [2.75, 3.05) is 0 Å². The smallest absolute Gasteiger partial charge is 0.127 e. The minimum Gasteiger partial charge on any atom is -0.457 e. The van der Waals surface area contributed by atoms with E-state index in [0.29, 0.717) is 0 Å². The van der Waals surface area contributed by atoms with Gasteiger partial charge in [-0.15, -0.1) is 0 Å². The lowest BCUT2D eigenvalue weighted by Gasteiger charge is -2.29. The van der Waals surface area contributed by atoms with Crippen molar-refractivity contribution in [3.8, 4) is 11.5 Å². The van der Waals surface area contributed by atoms with Crippen molar-refractivity contribution >= 4 is 11.0 Å². The molecule has 0 bridgehead atoms. The summed E-state index contributed by atoms with van der Waals surface area (Å²) < 4.78 is 16.9. The van der Waals surface area contributed by atoms with Crippen molar-refractivity contribution in [1.29, 1.82) is 0 Å². The Kier molecular flexibility index (Phi) is 4.80. The standard InChI is InChI=1S/C17H21NO2S/c1-13(17(2,3)21(18)19)14-9-11-16(12-10-14)20-15-7-5-4-6-8-15/h4-13H,18H2,1-3H3. The van der Waals surface area contributed by atoms with Crippen LogP contribution in [0.1, 0.15) is 32.3 Å². The third-order valence-electron chi connectivity index (χ3n) is 3.92. The summed E-state index contributed by atoms with van der Waals surface area (Å²) in [5, 5.41) is 5.59. The first kappa shape index (κ1) is 15.7. The normalized spacial score (nSPS) is 14.5. The van der Waals surface area contributed by atoms with Crippen molar-refractivity contribution in [3.05, 3.63) is 60.2 Å². The highest BCUT2D eigenvalue weighted by Crippen LogP contribution is 2.32. The molecule has 2 N–H and O–H groups in total. The summed E-state index contributed by atoms with van der Waals surface area (Å²) >= 11 is 0. The molecular formula is C17H21NO2S. The fourth-order valence-electron chi connectivity index (χ4n) is 2.02. The second kappa shape index (κ2) is 6.41. The van der Waals surface area contributed by atoms with E-state index in [4.69, 9.17) is 9.88 Å². The third-order valence-corrected chi connectivity index (χ3v) is 5.31. The van der Waals surface area contributed by atoms with Gasteiger partial charge < -0.3 is 4.74 Å². The van der Waals surface area contributed by atoms with E-state index in [2.05, 4.69) is 0 Å². The summed E-state index contributed by atoms with van der Waals surface area (Å²) in [4.78, 5) is 0. The first-order valence-corrected chi connectivity index (χ1v) is 8.11. The van der Waals surface area contributed by atoms with Crippen LogP contribution in [0.2, 0.25) is 0 Å². The van der Waals surface area contributed by atoms with Crippen molar-refractivity contribution in [2.24, 2.45) is 5.14 Å². The molecule has 0 fully saturated rings. The molecule has 0 aliphatic rings. The minimum atomic E-state index is -1.37. The lowest BCUT2D eigenvalue weighted by atomic mass is 9.89. The molecule has 2 unspecified atom stereocenters. The molecule has 2 aromatic rings. The Morgan fingerprint density at radius 2 is 1.52 bits per heavy atom. The Morgan fingerprint density at radius 3 is 2.05 bits per heavy atom. The Balaban J connectivity index is 2.14. The number of benzene rings is 2. The summed E-state index contributed by atoms with van der Waals surface area (Å²) in [6, 6.07) is 17.5. The number of hydrogen-bond donors (Lipinski definition) is 1. The highest BCUT2D eigenvalue weighted by atomic mass is 32.2. The SMILES string of the molecule is CC(c1ccc(Oc2ccccc2)cc1)C(C)(C)S(N)=O. The van der Waals surface area contributed by atoms with Crippen LogP contribution in [0.5, 0.6) is 11.5 Å². The first-order chi connectivity index (χ1) is 9.91. The van der Waals surface area contributed by atoms with Crippen LogP contribution in [0.3, 0.4) is 0 Å². The summed E-state index contributed by atoms with van der Waals surface area (Å²) in [5.74, 6) is 1.68. The van der Waals surface area contributed by atoms with Gasteiger partial charge in [-0.05, 0) is 49.6 Å². The second-order valence-corrected chi connectivity index (χ2v) is 7.25. The predicted molar refractivity (Wildman–Crippen MR) is 87.8 cm³/mol. The fourth-order valence-corrected chi connectivity index (χ4v) is 2.51. The zero-order valence-electron chi connectivity index (χ0n) is 12.6. The maximum absolute atomic E-state index is 11.7. The molecule has 0 aliphatic carbocycles. The molecule has 4 heteroatoms. The van der Waals surface area contributed by atoms with Crippen LogP contribution in [0.15, 0.2) is 54.6 Å². The van der Waals surface area contributed by atoms with Gasteiger partial charge in [-0.1, -0.05) is 37.3 Å². The average molecular weight is 303 g/mol. The molecule has 0 amide bonds. The lowest BCUT2D eigenvalue weighted by molar-refractivity contribution is 0.481. The van der Waals surface area contributed by atoms with Gasteiger partial charge in [-0.2, -0.15) is 0 Å². The van der Waals surface area contributed by atoms with Gasteiger partial charge in [0.2, 0.25) is 0 Å². The molecule has 112 valence electrons. The summed E-state index contributed by atoms with van der Waals surface area (Å²) in [6.45, 7) is 5.88. The van der Waals surface area contributed by atoms with E-state index in [1.807, 2.05) is 75.4 Å². The Morgan fingerprint density at radius 1 is 1.00 bits per heavy atom. The number of rotatable bonds is 5. The van der Waals surface area contributed by atoms with Gasteiger partial charge in [0, 0.05) is 0 Å². The van der Waals surface area contributed by atoms with E-state index in [-0.39, 0.29) is 5.92 Å². The topological polar surface area (TPSA) is 52.3 Å². The molecule has 0 aliphatic heterocycles. The number of para-hydroxylation sites is 1. The van der Waals surface area contributed by atoms with Gasteiger partial charge in [0.05, 0.1) is 15.7 Å². The maximum Gasteiger partial charge on any atom is 0.127 e. The molecule has 0 saturated carbocycles. The summed E-state index contributed by atoms with van der Waals surface area (Å²) in [7, 11) is -1.37. The Bertz CT molecular complexity index is 608.